The molecule has 0 aliphatic rings. The summed E-state index contributed by atoms with van der Waals surface area (Å²) in [6, 6.07) is 7.28. The topological polar surface area (TPSA) is 32.3 Å². The Balaban J connectivity index is 2.13. The van der Waals surface area contributed by atoms with Crippen LogP contribution in [0.3, 0.4) is 0 Å². The summed E-state index contributed by atoms with van der Waals surface area (Å²) in [5.41, 5.74) is 0.812. The van der Waals surface area contributed by atoms with Crippen LogP contribution in [-0.4, -0.2) is 18.0 Å². The maximum atomic E-state index is 13.9. The Morgan fingerprint density at radius 3 is 2.32 bits per heavy atom. The van der Waals surface area contributed by atoms with Gasteiger partial charge in [-0.15, -0.1) is 0 Å². The van der Waals surface area contributed by atoms with Crippen LogP contribution in [0.25, 0.3) is 0 Å². The van der Waals surface area contributed by atoms with Crippen molar-refractivity contribution in [3.8, 4) is 0 Å². The molecule has 0 bridgehead atoms. The van der Waals surface area contributed by atoms with E-state index in [-0.39, 0.29) is 15.9 Å². The van der Waals surface area contributed by atoms with Crippen LogP contribution in [0.2, 0.25) is 10.0 Å². The lowest BCUT2D eigenvalue weighted by molar-refractivity contribution is 0.190. The van der Waals surface area contributed by atoms with E-state index in [0.717, 1.165) is 0 Å². The lowest BCUT2D eigenvalue weighted by Gasteiger charge is -2.28. The standard InChI is InChI=1S/C18H18Cl2F2N2O/c1-10(13-8-17(22)15(20)9-14(13)19)23-18(25)24(3)11(2)12-6-4-5-7-16(12)21/h4-11H,1-3H3,(H,23,25). The number of carbonyl (C=O) groups is 1. The number of carbonyl (C=O) groups excluding carboxylic acids is 1. The summed E-state index contributed by atoms with van der Waals surface area (Å²) in [5, 5.41) is 2.89. The second-order valence-electron chi connectivity index (χ2n) is 5.77. The molecule has 0 saturated carbocycles. The molecule has 0 aliphatic heterocycles. The third kappa shape index (κ3) is 4.41. The number of halogens is 4. The van der Waals surface area contributed by atoms with Crippen LogP contribution < -0.4 is 5.32 Å². The number of hydrogen-bond donors (Lipinski definition) is 1. The Morgan fingerprint density at radius 2 is 1.68 bits per heavy atom. The zero-order chi connectivity index (χ0) is 18.7. The SMILES string of the molecule is CC(NC(=O)N(C)C(C)c1ccccc1F)c1cc(F)c(Cl)cc1Cl. The number of amides is 2. The molecule has 0 heterocycles. The van der Waals surface area contributed by atoms with Crippen LogP contribution in [-0.2, 0) is 0 Å². The number of benzene rings is 2. The summed E-state index contributed by atoms with van der Waals surface area (Å²) < 4.78 is 27.6. The third-order valence-corrected chi connectivity index (χ3v) is 4.72. The Morgan fingerprint density at radius 1 is 1.04 bits per heavy atom. The quantitative estimate of drug-likeness (QED) is 0.667. The second kappa shape index (κ2) is 8.02. The van der Waals surface area contributed by atoms with Crippen LogP contribution in [0.4, 0.5) is 13.6 Å². The number of urea groups is 1. The van der Waals surface area contributed by atoms with E-state index in [1.165, 1.54) is 23.1 Å². The summed E-state index contributed by atoms with van der Waals surface area (Å²) in [4.78, 5) is 13.8. The highest BCUT2D eigenvalue weighted by Gasteiger charge is 2.22. The molecule has 0 fully saturated rings. The highest BCUT2D eigenvalue weighted by Crippen LogP contribution is 2.29. The van der Waals surface area contributed by atoms with Crippen molar-refractivity contribution < 1.29 is 13.6 Å². The van der Waals surface area contributed by atoms with Gasteiger partial charge in [-0.2, -0.15) is 0 Å². The first-order valence-corrected chi connectivity index (χ1v) is 8.40. The van der Waals surface area contributed by atoms with Gasteiger partial charge in [-0.3, -0.25) is 0 Å². The summed E-state index contributed by atoms with van der Waals surface area (Å²) in [6.07, 6.45) is 0. The number of rotatable bonds is 4. The summed E-state index contributed by atoms with van der Waals surface area (Å²) in [6.45, 7) is 3.39. The van der Waals surface area contributed by atoms with Crippen molar-refractivity contribution in [1.82, 2.24) is 10.2 Å². The monoisotopic (exact) mass is 386 g/mol. The van der Waals surface area contributed by atoms with Crippen molar-refractivity contribution >= 4 is 29.2 Å². The molecule has 2 atom stereocenters. The van der Waals surface area contributed by atoms with E-state index in [9.17, 15) is 13.6 Å². The van der Waals surface area contributed by atoms with Crippen LogP contribution >= 0.6 is 23.2 Å². The van der Waals surface area contributed by atoms with Crippen molar-refractivity contribution in [1.29, 1.82) is 0 Å². The predicted octanol–water partition coefficient (Wildman–Crippen LogP) is 5.74. The first-order chi connectivity index (χ1) is 11.7. The number of nitrogens with zero attached hydrogens (tertiary/aromatic N) is 1. The largest absolute Gasteiger partial charge is 0.331 e. The van der Waals surface area contributed by atoms with Gasteiger partial charge in [-0.1, -0.05) is 41.4 Å². The predicted molar refractivity (Wildman–Crippen MR) is 95.9 cm³/mol. The summed E-state index contributed by atoms with van der Waals surface area (Å²) >= 11 is 11.8. The van der Waals surface area contributed by atoms with Crippen molar-refractivity contribution in [2.45, 2.75) is 25.9 Å². The first-order valence-electron chi connectivity index (χ1n) is 7.64. The Kier molecular flexibility index (Phi) is 6.25. The Labute approximate surface area is 155 Å². The molecule has 2 aromatic rings. The molecular weight excluding hydrogens is 369 g/mol. The van der Waals surface area contributed by atoms with E-state index >= 15 is 0 Å². The summed E-state index contributed by atoms with van der Waals surface area (Å²) in [7, 11) is 1.56. The highest BCUT2D eigenvalue weighted by molar-refractivity contribution is 6.35. The zero-order valence-electron chi connectivity index (χ0n) is 14.0. The van der Waals surface area contributed by atoms with Gasteiger partial charge in [-0.25, -0.2) is 13.6 Å². The van der Waals surface area contributed by atoms with Crippen LogP contribution in [0.1, 0.15) is 37.1 Å². The van der Waals surface area contributed by atoms with Crippen LogP contribution in [0.5, 0.6) is 0 Å². The van der Waals surface area contributed by atoms with E-state index in [1.54, 1.807) is 39.1 Å². The molecule has 7 heteroatoms. The molecule has 0 radical (unpaired) electrons. The normalized spacial score (nSPS) is 13.2. The van der Waals surface area contributed by atoms with E-state index < -0.39 is 23.9 Å². The van der Waals surface area contributed by atoms with Crippen LogP contribution in [0.15, 0.2) is 36.4 Å². The van der Waals surface area contributed by atoms with Crippen molar-refractivity contribution in [3.05, 3.63) is 69.2 Å². The van der Waals surface area contributed by atoms with Gasteiger partial charge in [0.1, 0.15) is 11.6 Å². The molecular formula is C18H18Cl2F2N2O. The van der Waals surface area contributed by atoms with Gasteiger partial charge in [-0.05, 0) is 37.6 Å². The number of nitrogens with one attached hydrogen (secondary N) is 1. The minimum absolute atomic E-state index is 0.0856. The molecule has 2 unspecified atom stereocenters. The Bertz CT molecular complexity index is 786. The molecule has 2 rings (SSSR count). The van der Waals surface area contributed by atoms with Gasteiger partial charge in [0.05, 0.1) is 17.1 Å². The molecule has 0 spiro atoms. The van der Waals surface area contributed by atoms with Gasteiger partial charge in [0.15, 0.2) is 0 Å². The van der Waals surface area contributed by atoms with Crippen molar-refractivity contribution in [2.75, 3.05) is 7.05 Å². The fourth-order valence-electron chi connectivity index (χ4n) is 2.43. The van der Waals surface area contributed by atoms with E-state index in [0.29, 0.717) is 11.1 Å². The summed E-state index contributed by atoms with van der Waals surface area (Å²) in [5.74, 6) is -0.999. The molecule has 2 amide bonds. The molecule has 0 saturated heterocycles. The molecule has 134 valence electrons. The number of hydrogen-bond acceptors (Lipinski definition) is 1. The molecule has 0 aromatic heterocycles. The zero-order valence-corrected chi connectivity index (χ0v) is 15.5. The lowest BCUT2D eigenvalue weighted by atomic mass is 10.1. The smallest absolute Gasteiger partial charge is 0.318 e. The minimum Gasteiger partial charge on any atom is -0.331 e. The second-order valence-corrected chi connectivity index (χ2v) is 6.58. The van der Waals surface area contributed by atoms with Crippen molar-refractivity contribution in [2.24, 2.45) is 0 Å². The molecule has 1 N–H and O–H groups in total. The Hall–Kier alpha value is -1.85. The maximum Gasteiger partial charge on any atom is 0.318 e. The average molecular weight is 387 g/mol. The van der Waals surface area contributed by atoms with E-state index in [2.05, 4.69) is 5.32 Å². The van der Waals surface area contributed by atoms with E-state index in [4.69, 9.17) is 23.2 Å². The average Bonchev–Trinajstić information content (AvgIpc) is 2.57. The molecule has 3 nitrogen and oxygen atoms in total. The van der Waals surface area contributed by atoms with Gasteiger partial charge in [0, 0.05) is 17.6 Å². The molecule has 2 aromatic carbocycles. The fraction of sp³-hybridized carbons (Fsp3) is 0.278. The molecule has 25 heavy (non-hydrogen) atoms. The van der Waals surface area contributed by atoms with Gasteiger partial charge in [0.2, 0.25) is 0 Å². The highest BCUT2D eigenvalue weighted by atomic mass is 35.5. The molecule has 0 aliphatic carbocycles. The van der Waals surface area contributed by atoms with Gasteiger partial charge < -0.3 is 10.2 Å². The minimum atomic E-state index is -0.616. The lowest BCUT2D eigenvalue weighted by Crippen LogP contribution is -2.40. The van der Waals surface area contributed by atoms with Gasteiger partial charge >= 0.3 is 6.03 Å². The third-order valence-electron chi connectivity index (χ3n) is 4.10. The fourth-order valence-corrected chi connectivity index (χ4v) is 2.98. The van der Waals surface area contributed by atoms with E-state index in [1.807, 2.05) is 0 Å². The van der Waals surface area contributed by atoms with Crippen molar-refractivity contribution in [3.63, 3.8) is 0 Å². The first kappa shape index (κ1) is 19.5. The maximum absolute atomic E-state index is 13.9. The van der Waals surface area contributed by atoms with Crippen LogP contribution in [0, 0.1) is 11.6 Å². The van der Waals surface area contributed by atoms with Gasteiger partial charge in [0.25, 0.3) is 0 Å².